The third-order valence-corrected chi connectivity index (χ3v) is 2.96. The van der Waals surface area contributed by atoms with Crippen molar-refractivity contribution in [2.75, 3.05) is 5.32 Å². The third kappa shape index (κ3) is 4.12. The topological polar surface area (TPSA) is 54.0 Å². The Labute approximate surface area is 120 Å². The van der Waals surface area contributed by atoms with E-state index < -0.39 is 0 Å². The van der Waals surface area contributed by atoms with Gasteiger partial charge in [-0.2, -0.15) is 0 Å². The fourth-order valence-corrected chi connectivity index (χ4v) is 1.74. The lowest BCUT2D eigenvalue weighted by molar-refractivity contribution is 0.251. The summed E-state index contributed by atoms with van der Waals surface area (Å²) in [4.78, 5) is 15.6. The van der Waals surface area contributed by atoms with Gasteiger partial charge in [0, 0.05) is 17.8 Å². The number of amides is 2. The van der Waals surface area contributed by atoms with Crippen LogP contribution in [0, 0.1) is 0 Å². The van der Waals surface area contributed by atoms with Crippen LogP contribution in [0.1, 0.15) is 5.56 Å². The van der Waals surface area contributed by atoms with Gasteiger partial charge in [0.25, 0.3) is 0 Å². The molecule has 0 radical (unpaired) electrons. The number of hydrogen-bond acceptors (Lipinski definition) is 2. The highest BCUT2D eigenvalue weighted by Gasteiger charge is 2.04. The monoisotopic (exact) mass is 295 g/mol. The van der Waals surface area contributed by atoms with E-state index in [1.54, 1.807) is 18.2 Å². The number of aromatic nitrogens is 1. The Morgan fingerprint density at radius 3 is 2.63 bits per heavy atom. The molecule has 0 aliphatic heterocycles. The third-order valence-electron chi connectivity index (χ3n) is 2.37. The van der Waals surface area contributed by atoms with E-state index in [2.05, 4.69) is 15.6 Å². The van der Waals surface area contributed by atoms with E-state index in [1.165, 1.54) is 6.20 Å². The number of urea groups is 1. The normalized spacial score (nSPS) is 10.0. The molecule has 2 N–H and O–H groups in total. The standard InChI is InChI=1S/C13H11Cl2N3O/c14-10-5-6-12(16-8-10)18-13(19)17-7-9-3-1-2-4-11(9)15/h1-6,8H,7H2,(H2,16,17,18,19). The van der Waals surface area contributed by atoms with Gasteiger partial charge >= 0.3 is 6.03 Å². The summed E-state index contributed by atoms with van der Waals surface area (Å²) in [5.74, 6) is 0.432. The second kappa shape index (κ2) is 6.41. The molecule has 0 saturated carbocycles. The van der Waals surface area contributed by atoms with Crippen LogP contribution in [0.2, 0.25) is 10.0 Å². The van der Waals surface area contributed by atoms with E-state index >= 15 is 0 Å². The molecule has 98 valence electrons. The molecule has 0 unspecified atom stereocenters. The minimum atomic E-state index is -0.352. The molecule has 0 saturated heterocycles. The maximum Gasteiger partial charge on any atom is 0.320 e. The van der Waals surface area contributed by atoms with Gasteiger partial charge in [-0.1, -0.05) is 41.4 Å². The first kappa shape index (κ1) is 13.6. The fraction of sp³-hybridized carbons (Fsp3) is 0.0769. The van der Waals surface area contributed by atoms with Crippen LogP contribution in [0.3, 0.4) is 0 Å². The van der Waals surface area contributed by atoms with Crippen LogP contribution < -0.4 is 10.6 Å². The molecule has 2 aromatic rings. The molecule has 6 heteroatoms. The number of hydrogen-bond donors (Lipinski definition) is 2. The number of nitrogens with one attached hydrogen (secondary N) is 2. The summed E-state index contributed by atoms with van der Waals surface area (Å²) in [5.41, 5.74) is 0.850. The second-order valence-corrected chi connectivity index (χ2v) is 4.60. The minimum absolute atomic E-state index is 0.346. The van der Waals surface area contributed by atoms with Crippen molar-refractivity contribution in [3.05, 3.63) is 58.2 Å². The van der Waals surface area contributed by atoms with E-state index in [-0.39, 0.29) is 6.03 Å². The first-order valence-corrected chi connectivity index (χ1v) is 6.30. The molecule has 1 aromatic heterocycles. The number of anilines is 1. The Hall–Kier alpha value is -1.78. The van der Waals surface area contributed by atoms with Gasteiger partial charge in [0.1, 0.15) is 5.82 Å². The highest BCUT2D eigenvalue weighted by Crippen LogP contribution is 2.14. The van der Waals surface area contributed by atoms with Gasteiger partial charge in [0.2, 0.25) is 0 Å². The number of nitrogens with zero attached hydrogens (tertiary/aromatic N) is 1. The number of halogens is 2. The molecule has 0 bridgehead atoms. The molecule has 0 atom stereocenters. The van der Waals surface area contributed by atoms with Crippen molar-refractivity contribution in [2.45, 2.75) is 6.54 Å². The molecule has 19 heavy (non-hydrogen) atoms. The van der Waals surface area contributed by atoms with Gasteiger partial charge in [0.15, 0.2) is 0 Å². The Morgan fingerprint density at radius 2 is 1.95 bits per heavy atom. The Balaban J connectivity index is 1.88. The number of rotatable bonds is 3. The van der Waals surface area contributed by atoms with E-state index in [0.29, 0.717) is 22.4 Å². The zero-order valence-corrected chi connectivity index (χ0v) is 11.4. The summed E-state index contributed by atoms with van der Waals surface area (Å²) in [6.45, 7) is 0.346. The lowest BCUT2D eigenvalue weighted by atomic mass is 10.2. The van der Waals surface area contributed by atoms with Crippen LogP contribution >= 0.6 is 23.2 Å². The predicted molar refractivity (Wildman–Crippen MR) is 76.6 cm³/mol. The fourth-order valence-electron chi connectivity index (χ4n) is 1.43. The van der Waals surface area contributed by atoms with Crippen LogP contribution in [0.15, 0.2) is 42.6 Å². The Bertz CT molecular complexity index is 572. The Morgan fingerprint density at radius 1 is 1.16 bits per heavy atom. The molecule has 4 nitrogen and oxygen atoms in total. The van der Waals surface area contributed by atoms with E-state index in [1.807, 2.05) is 18.2 Å². The van der Waals surface area contributed by atoms with Gasteiger partial charge in [-0.25, -0.2) is 9.78 Å². The molecule has 0 spiro atoms. The molecule has 2 amide bonds. The SMILES string of the molecule is O=C(NCc1ccccc1Cl)Nc1ccc(Cl)cn1. The molecule has 1 aromatic carbocycles. The average molecular weight is 296 g/mol. The molecular weight excluding hydrogens is 285 g/mol. The van der Waals surface area contributed by atoms with Gasteiger partial charge in [0.05, 0.1) is 5.02 Å². The summed E-state index contributed by atoms with van der Waals surface area (Å²) in [5, 5.41) is 6.43. The highest BCUT2D eigenvalue weighted by atomic mass is 35.5. The maximum absolute atomic E-state index is 11.6. The summed E-state index contributed by atoms with van der Waals surface area (Å²) in [6.07, 6.45) is 1.46. The quantitative estimate of drug-likeness (QED) is 0.907. The lowest BCUT2D eigenvalue weighted by Gasteiger charge is -2.08. The zero-order valence-electron chi connectivity index (χ0n) is 9.86. The Kier molecular flexibility index (Phi) is 4.60. The van der Waals surface area contributed by atoms with Gasteiger partial charge in [-0.15, -0.1) is 0 Å². The average Bonchev–Trinajstić information content (AvgIpc) is 2.40. The van der Waals surface area contributed by atoms with E-state index in [0.717, 1.165) is 5.56 Å². The van der Waals surface area contributed by atoms with Gasteiger partial charge < -0.3 is 5.32 Å². The van der Waals surface area contributed by atoms with E-state index in [9.17, 15) is 4.79 Å². The maximum atomic E-state index is 11.6. The minimum Gasteiger partial charge on any atom is -0.334 e. The van der Waals surface area contributed by atoms with Crippen LogP contribution in [-0.4, -0.2) is 11.0 Å². The van der Waals surface area contributed by atoms with Crippen molar-refractivity contribution in [1.82, 2.24) is 10.3 Å². The van der Waals surface area contributed by atoms with Crippen LogP contribution in [0.25, 0.3) is 0 Å². The van der Waals surface area contributed by atoms with Crippen molar-refractivity contribution in [2.24, 2.45) is 0 Å². The predicted octanol–water partition coefficient (Wildman–Crippen LogP) is 3.71. The first-order chi connectivity index (χ1) is 9.15. The van der Waals surface area contributed by atoms with Crippen molar-refractivity contribution >= 4 is 35.1 Å². The molecule has 1 heterocycles. The summed E-state index contributed by atoms with van der Waals surface area (Å²) in [6, 6.07) is 10.2. The van der Waals surface area contributed by atoms with Crippen molar-refractivity contribution in [3.8, 4) is 0 Å². The summed E-state index contributed by atoms with van der Waals surface area (Å²) in [7, 11) is 0. The second-order valence-electron chi connectivity index (χ2n) is 3.76. The van der Waals surface area contributed by atoms with Crippen LogP contribution in [-0.2, 0) is 6.54 Å². The summed E-state index contributed by atoms with van der Waals surface area (Å²) < 4.78 is 0. The van der Waals surface area contributed by atoms with Crippen LogP contribution in [0.5, 0.6) is 0 Å². The molecule has 0 aliphatic rings. The van der Waals surface area contributed by atoms with Crippen LogP contribution in [0.4, 0.5) is 10.6 Å². The molecule has 0 aliphatic carbocycles. The lowest BCUT2D eigenvalue weighted by Crippen LogP contribution is -2.28. The smallest absolute Gasteiger partial charge is 0.320 e. The van der Waals surface area contributed by atoms with E-state index in [4.69, 9.17) is 23.2 Å². The van der Waals surface area contributed by atoms with Crippen molar-refractivity contribution in [3.63, 3.8) is 0 Å². The summed E-state index contributed by atoms with van der Waals surface area (Å²) >= 11 is 11.7. The van der Waals surface area contributed by atoms with Crippen molar-refractivity contribution in [1.29, 1.82) is 0 Å². The number of carbonyl (C=O) groups is 1. The number of pyridine rings is 1. The highest BCUT2D eigenvalue weighted by molar-refractivity contribution is 6.31. The number of carbonyl (C=O) groups excluding carboxylic acids is 1. The molecular formula is C13H11Cl2N3O. The van der Waals surface area contributed by atoms with Gasteiger partial charge in [-0.3, -0.25) is 5.32 Å². The molecule has 0 fully saturated rings. The number of benzene rings is 1. The first-order valence-electron chi connectivity index (χ1n) is 5.55. The zero-order chi connectivity index (χ0) is 13.7. The van der Waals surface area contributed by atoms with Gasteiger partial charge in [-0.05, 0) is 23.8 Å². The van der Waals surface area contributed by atoms with Crippen molar-refractivity contribution < 1.29 is 4.79 Å². The largest absolute Gasteiger partial charge is 0.334 e. The molecule has 2 rings (SSSR count).